The summed E-state index contributed by atoms with van der Waals surface area (Å²) in [5.74, 6) is 3.50. The third-order valence-electron chi connectivity index (χ3n) is 2.83. The van der Waals surface area contributed by atoms with Crippen molar-refractivity contribution < 1.29 is 9.59 Å². The molecule has 5 nitrogen and oxygen atoms in total. The molecule has 0 spiro atoms. The van der Waals surface area contributed by atoms with Gasteiger partial charge in [-0.15, -0.1) is 0 Å². The summed E-state index contributed by atoms with van der Waals surface area (Å²) >= 11 is 0. The Labute approximate surface area is 93.0 Å². The van der Waals surface area contributed by atoms with Crippen molar-refractivity contribution in [3.8, 4) is 0 Å². The summed E-state index contributed by atoms with van der Waals surface area (Å²) in [6.45, 7) is 0.473. The Morgan fingerprint density at radius 2 is 2.06 bits per heavy atom. The van der Waals surface area contributed by atoms with E-state index < -0.39 is 11.8 Å². The van der Waals surface area contributed by atoms with Gasteiger partial charge in [0.05, 0.1) is 0 Å². The van der Waals surface area contributed by atoms with Gasteiger partial charge in [-0.25, -0.2) is 5.84 Å². The van der Waals surface area contributed by atoms with E-state index in [4.69, 9.17) is 5.84 Å². The minimum absolute atomic E-state index is 0.141. The Morgan fingerprint density at radius 3 is 2.69 bits per heavy atom. The Kier molecular flexibility index (Phi) is 2.87. The molecule has 1 aromatic carbocycles. The van der Waals surface area contributed by atoms with Crippen molar-refractivity contribution in [3.63, 3.8) is 0 Å². The highest BCUT2D eigenvalue weighted by Gasteiger charge is 2.40. The summed E-state index contributed by atoms with van der Waals surface area (Å²) in [5, 5.41) is 2.68. The van der Waals surface area contributed by atoms with Crippen LogP contribution in [0.3, 0.4) is 0 Å². The maximum atomic E-state index is 11.5. The van der Waals surface area contributed by atoms with Crippen LogP contribution in [0, 0.1) is 5.92 Å². The van der Waals surface area contributed by atoms with Gasteiger partial charge < -0.3 is 5.32 Å². The van der Waals surface area contributed by atoms with Gasteiger partial charge in [-0.1, -0.05) is 30.3 Å². The van der Waals surface area contributed by atoms with Crippen molar-refractivity contribution in [3.05, 3.63) is 35.9 Å². The Bertz CT molecular complexity index is 405. The number of nitrogens with one attached hydrogen (secondary N) is 2. The number of amides is 2. The summed E-state index contributed by atoms with van der Waals surface area (Å²) in [5.41, 5.74) is 3.00. The fraction of sp³-hybridized carbons (Fsp3) is 0.273. The lowest BCUT2D eigenvalue weighted by atomic mass is 9.88. The van der Waals surface area contributed by atoms with Crippen LogP contribution in [-0.2, 0) is 9.59 Å². The average molecular weight is 219 g/mol. The predicted octanol–water partition coefficient (Wildman–Crippen LogP) is -0.494. The molecule has 1 aromatic rings. The van der Waals surface area contributed by atoms with E-state index in [0.29, 0.717) is 6.54 Å². The molecule has 1 aliphatic rings. The first-order valence-corrected chi connectivity index (χ1v) is 5.07. The lowest BCUT2D eigenvalue weighted by Crippen LogP contribution is -2.40. The molecule has 0 saturated carbocycles. The van der Waals surface area contributed by atoms with E-state index in [2.05, 4.69) is 5.32 Å². The van der Waals surface area contributed by atoms with Gasteiger partial charge in [0.25, 0.3) is 0 Å². The smallest absolute Gasteiger partial charge is 0.247 e. The molecule has 1 saturated heterocycles. The third-order valence-corrected chi connectivity index (χ3v) is 2.83. The molecule has 0 unspecified atom stereocenters. The molecule has 0 bridgehead atoms. The van der Waals surface area contributed by atoms with Crippen LogP contribution >= 0.6 is 0 Å². The zero-order chi connectivity index (χ0) is 11.5. The number of nitrogens with two attached hydrogens (primary N) is 1. The molecule has 4 N–H and O–H groups in total. The van der Waals surface area contributed by atoms with E-state index in [1.54, 1.807) is 0 Å². The van der Waals surface area contributed by atoms with E-state index in [1.807, 2.05) is 35.8 Å². The fourth-order valence-electron chi connectivity index (χ4n) is 2.02. The largest absolute Gasteiger partial charge is 0.355 e. The van der Waals surface area contributed by atoms with E-state index in [9.17, 15) is 9.59 Å². The number of benzene rings is 1. The van der Waals surface area contributed by atoms with Crippen LogP contribution in [0.2, 0.25) is 0 Å². The van der Waals surface area contributed by atoms with E-state index >= 15 is 0 Å². The molecule has 2 atom stereocenters. The number of hydrogen-bond donors (Lipinski definition) is 3. The van der Waals surface area contributed by atoms with Crippen LogP contribution in [0.5, 0.6) is 0 Å². The van der Waals surface area contributed by atoms with Crippen LogP contribution in [0.15, 0.2) is 30.3 Å². The van der Waals surface area contributed by atoms with Gasteiger partial charge in [-0.2, -0.15) is 0 Å². The summed E-state index contributed by atoms with van der Waals surface area (Å²) in [6, 6.07) is 9.47. The lowest BCUT2D eigenvalue weighted by molar-refractivity contribution is -0.133. The van der Waals surface area contributed by atoms with Crippen molar-refractivity contribution in [2.75, 3.05) is 6.54 Å². The molecule has 1 aliphatic heterocycles. The van der Waals surface area contributed by atoms with E-state index in [-0.39, 0.29) is 11.8 Å². The van der Waals surface area contributed by atoms with Gasteiger partial charge in [-0.05, 0) is 5.56 Å². The van der Waals surface area contributed by atoms with Gasteiger partial charge in [-0.3, -0.25) is 15.0 Å². The lowest BCUT2D eigenvalue weighted by Gasteiger charge is -2.15. The molecule has 84 valence electrons. The topological polar surface area (TPSA) is 84.2 Å². The van der Waals surface area contributed by atoms with Crippen LogP contribution in [-0.4, -0.2) is 18.4 Å². The molecule has 16 heavy (non-hydrogen) atoms. The summed E-state index contributed by atoms with van der Waals surface area (Å²) in [6.07, 6.45) is 0. The molecule has 0 radical (unpaired) electrons. The summed E-state index contributed by atoms with van der Waals surface area (Å²) < 4.78 is 0. The molecule has 1 fully saturated rings. The normalized spacial score (nSPS) is 23.9. The SMILES string of the molecule is NNC(=O)[C@H]1C(=O)NC[C@H]1c1ccccc1. The Hall–Kier alpha value is -1.88. The van der Waals surface area contributed by atoms with Crippen molar-refractivity contribution in [2.24, 2.45) is 11.8 Å². The zero-order valence-corrected chi connectivity index (χ0v) is 8.64. The number of hydrogen-bond acceptors (Lipinski definition) is 3. The minimum atomic E-state index is -0.729. The van der Waals surface area contributed by atoms with Gasteiger partial charge in [0.1, 0.15) is 5.92 Å². The second-order valence-electron chi connectivity index (χ2n) is 3.75. The summed E-state index contributed by atoms with van der Waals surface area (Å²) in [7, 11) is 0. The number of rotatable bonds is 2. The number of carbonyl (C=O) groups is 2. The first kappa shape index (κ1) is 10.6. The fourth-order valence-corrected chi connectivity index (χ4v) is 2.02. The quantitative estimate of drug-likeness (QED) is 0.271. The molecule has 0 aromatic heterocycles. The molecule has 2 rings (SSSR count). The maximum Gasteiger partial charge on any atom is 0.247 e. The monoisotopic (exact) mass is 219 g/mol. The average Bonchev–Trinajstić information content (AvgIpc) is 2.71. The molecular formula is C11H13N3O2. The van der Waals surface area contributed by atoms with Crippen LogP contribution < -0.4 is 16.6 Å². The summed E-state index contributed by atoms with van der Waals surface area (Å²) in [4.78, 5) is 23.0. The zero-order valence-electron chi connectivity index (χ0n) is 8.64. The molecule has 0 aliphatic carbocycles. The first-order valence-electron chi connectivity index (χ1n) is 5.07. The molecule has 1 heterocycles. The van der Waals surface area contributed by atoms with Crippen LogP contribution in [0.1, 0.15) is 11.5 Å². The second-order valence-corrected chi connectivity index (χ2v) is 3.75. The maximum absolute atomic E-state index is 11.5. The Balaban J connectivity index is 2.28. The second kappa shape index (κ2) is 4.32. The van der Waals surface area contributed by atoms with Gasteiger partial charge in [0.2, 0.25) is 11.8 Å². The predicted molar refractivity (Wildman–Crippen MR) is 58.0 cm³/mol. The van der Waals surface area contributed by atoms with E-state index in [1.165, 1.54) is 0 Å². The highest BCUT2D eigenvalue weighted by Crippen LogP contribution is 2.28. The highest BCUT2D eigenvalue weighted by atomic mass is 16.2. The standard InChI is InChI=1S/C11H13N3O2/c12-14-11(16)9-8(6-13-10(9)15)7-4-2-1-3-5-7/h1-5,8-9H,6,12H2,(H,13,15)(H,14,16)/t8-,9+/m0/s1. The van der Waals surface area contributed by atoms with Crippen molar-refractivity contribution in [1.29, 1.82) is 0 Å². The Morgan fingerprint density at radius 1 is 1.38 bits per heavy atom. The van der Waals surface area contributed by atoms with Crippen LogP contribution in [0.4, 0.5) is 0 Å². The third kappa shape index (κ3) is 1.77. The van der Waals surface area contributed by atoms with Gasteiger partial charge in [0.15, 0.2) is 0 Å². The van der Waals surface area contributed by atoms with Crippen molar-refractivity contribution in [1.82, 2.24) is 10.7 Å². The first-order chi connectivity index (χ1) is 7.74. The van der Waals surface area contributed by atoms with Gasteiger partial charge >= 0.3 is 0 Å². The minimum Gasteiger partial charge on any atom is -0.355 e. The van der Waals surface area contributed by atoms with E-state index in [0.717, 1.165) is 5.56 Å². The molecule has 5 heteroatoms. The highest BCUT2D eigenvalue weighted by molar-refractivity contribution is 6.02. The molecular weight excluding hydrogens is 206 g/mol. The van der Waals surface area contributed by atoms with Gasteiger partial charge in [0, 0.05) is 12.5 Å². The molecule has 2 amide bonds. The van der Waals surface area contributed by atoms with Crippen molar-refractivity contribution >= 4 is 11.8 Å². The number of hydrazine groups is 1. The number of carbonyl (C=O) groups excluding carboxylic acids is 2. The van der Waals surface area contributed by atoms with Crippen molar-refractivity contribution in [2.45, 2.75) is 5.92 Å². The van der Waals surface area contributed by atoms with Crippen LogP contribution in [0.25, 0.3) is 0 Å².